The minimum absolute atomic E-state index is 0.0972. The predicted molar refractivity (Wildman–Crippen MR) is 35.9 cm³/mol. The summed E-state index contributed by atoms with van der Waals surface area (Å²) in [4.78, 5) is 0. The lowest BCUT2D eigenvalue weighted by Crippen LogP contribution is -2.17. The molecule has 0 aliphatic heterocycles. The van der Waals surface area contributed by atoms with Crippen LogP contribution in [0.25, 0.3) is 0 Å². The molecule has 8 heavy (non-hydrogen) atoms. The maximum atomic E-state index is 6.93. The summed E-state index contributed by atoms with van der Waals surface area (Å²) < 4.78 is 0. The Labute approximate surface area is 49.9 Å². The highest BCUT2D eigenvalue weighted by atomic mass is 14.7. The molecule has 0 amide bonds. The molecular formula is C6H12N2. The minimum atomic E-state index is 0.0972. The second-order valence-corrected chi connectivity index (χ2v) is 1.77. The molecule has 1 unspecified atom stereocenters. The van der Waals surface area contributed by atoms with Crippen molar-refractivity contribution in [3.05, 3.63) is 12.2 Å². The molecule has 46 valence electrons. The van der Waals surface area contributed by atoms with Crippen LogP contribution in [0.5, 0.6) is 0 Å². The van der Waals surface area contributed by atoms with Crippen molar-refractivity contribution in [2.24, 2.45) is 11.7 Å². The van der Waals surface area contributed by atoms with E-state index in [0.717, 1.165) is 0 Å². The number of allylic oxidation sites excluding steroid dienone is 1. The van der Waals surface area contributed by atoms with Gasteiger partial charge in [-0.2, -0.15) is 0 Å². The van der Waals surface area contributed by atoms with Crippen LogP contribution in [0.1, 0.15) is 13.8 Å². The van der Waals surface area contributed by atoms with Gasteiger partial charge in [0, 0.05) is 5.92 Å². The second kappa shape index (κ2) is 3.24. The predicted octanol–water partition coefficient (Wildman–Crippen LogP) is 1.13. The van der Waals surface area contributed by atoms with Crippen molar-refractivity contribution in [2.75, 3.05) is 0 Å². The Morgan fingerprint density at radius 1 is 1.75 bits per heavy atom. The fourth-order valence-electron chi connectivity index (χ4n) is 0.392. The third kappa shape index (κ3) is 2.39. The zero-order valence-electron chi connectivity index (χ0n) is 5.31. The molecule has 0 aliphatic rings. The van der Waals surface area contributed by atoms with Crippen LogP contribution in [0.3, 0.4) is 0 Å². The Morgan fingerprint density at radius 2 is 2.25 bits per heavy atom. The standard InChI is InChI=1S/C6H12N2/c1-3-4-5(2)6(7)8/h3-5H,1-2H3,(H3,7,8). The topological polar surface area (TPSA) is 49.9 Å². The Hall–Kier alpha value is -0.790. The van der Waals surface area contributed by atoms with Crippen LogP contribution in [-0.4, -0.2) is 5.84 Å². The first kappa shape index (κ1) is 7.21. The highest BCUT2D eigenvalue weighted by Crippen LogP contribution is 1.93. The summed E-state index contributed by atoms with van der Waals surface area (Å²) in [5, 5.41) is 6.93. The lowest BCUT2D eigenvalue weighted by molar-refractivity contribution is 0.966. The molecule has 0 heterocycles. The lowest BCUT2D eigenvalue weighted by Gasteiger charge is -1.99. The Balaban J connectivity index is 3.64. The molecule has 0 saturated heterocycles. The normalized spacial score (nSPS) is 14.2. The van der Waals surface area contributed by atoms with Gasteiger partial charge in [-0.1, -0.05) is 19.1 Å². The van der Waals surface area contributed by atoms with E-state index in [-0.39, 0.29) is 11.8 Å². The van der Waals surface area contributed by atoms with Gasteiger partial charge in [0.1, 0.15) is 0 Å². The van der Waals surface area contributed by atoms with Crippen LogP contribution in [0, 0.1) is 11.3 Å². The molecule has 0 radical (unpaired) electrons. The van der Waals surface area contributed by atoms with Gasteiger partial charge in [-0.3, -0.25) is 5.41 Å². The maximum absolute atomic E-state index is 6.93. The number of nitrogens with two attached hydrogens (primary N) is 1. The van der Waals surface area contributed by atoms with Gasteiger partial charge in [0.2, 0.25) is 0 Å². The maximum Gasteiger partial charge on any atom is 0.0972 e. The van der Waals surface area contributed by atoms with E-state index in [9.17, 15) is 0 Å². The summed E-state index contributed by atoms with van der Waals surface area (Å²) >= 11 is 0. The number of rotatable bonds is 2. The molecule has 0 aromatic rings. The van der Waals surface area contributed by atoms with E-state index in [1.165, 1.54) is 0 Å². The van der Waals surface area contributed by atoms with E-state index in [4.69, 9.17) is 11.1 Å². The molecule has 1 atom stereocenters. The number of hydrogen-bond donors (Lipinski definition) is 2. The third-order valence-corrected chi connectivity index (χ3v) is 0.972. The fourth-order valence-corrected chi connectivity index (χ4v) is 0.392. The second-order valence-electron chi connectivity index (χ2n) is 1.77. The molecule has 0 aliphatic carbocycles. The lowest BCUT2D eigenvalue weighted by atomic mass is 10.1. The van der Waals surface area contributed by atoms with E-state index >= 15 is 0 Å². The Morgan fingerprint density at radius 3 is 2.38 bits per heavy atom. The average Bonchev–Trinajstić information content (AvgIpc) is 1.67. The van der Waals surface area contributed by atoms with Crippen LogP contribution >= 0.6 is 0 Å². The molecule has 0 rings (SSSR count). The van der Waals surface area contributed by atoms with Crippen LogP contribution in [0.15, 0.2) is 12.2 Å². The number of hydrogen-bond acceptors (Lipinski definition) is 1. The summed E-state index contributed by atoms with van der Waals surface area (Å²) in [6.07, 6.45) is 3.79. The SMILES string of the molecule is CC=CC(C)C(=N)N. The number of nitrogens with one attached hydrogen (secondary N) is 1. The van der Waals surface area contributed by atoms with Crippen molar-refractivity contribution in [1.82, 2.24) is 0 Å². The van der Waals surface area contributed by atoms with Crippen molar-refractivity contribution in [3.63, 3.8) is 0 Å². The van der Waals surface area contributed by atoms with Crippen molar-refractivity contribution in [2.45, 2.75) is 13.8 Å². The molecule has 0 fully saturated rings. The smallest absolute Gasteiger partial charge is 0.0972 e. The fraction of sp³-hybridized carbons (Fsp3) is 0.500. The first-order chi connectivity index (χ1) is 3.68. The molecule has 2 heteroatoms. The van der Waals surface area contributed by atoms with Gasteiger partial charge in [0.25, 0.3) is 0 Å². The first-order valence-corrected chi connectivity index (χ1v) is 2.65. The molecule has 0 aromatic carbocycles. The van der Waals surface area contributed by atoms with Crippen LogP contribution in [0.2, 0.25) is 0 Å². The largest absolute Gasteiger partial charge is 0.387 e. The quantitative estimate of drug-likeness (QED) is 0.314. The monoisotopic (exact) mass is 112 g/mol. The molecule has 0 saturated carbocycles. The van der Waals surface area contributed by atoms with Gasteiger partial charge >= 0.3 is 0 Å². The number of amidine groups is 1. The zero-order valence-corrected chi connectivity index (χ0v) is 5.31. The van der Waals surface area contributed by atoms with Crippen molar-refractivity contribution in [1.29, 1.82) is 5.41 Å². The summed E-state index contributed by atoms with van der Waals surface area (Å²) in [6, 6.07) is 0. The van der Waals surface area contributed by atoms with Crippen molar-refractivity contribution in [3.8, 4) is 0 Å². The highest BCUT2D eigenvalue weighted by Gasteiger charge is 1.95. The molecular weight excluding hydrogens is 100 g/mol. The van der Waals surface area contributed by atoms with E-state index < -0.39 is 0 Å². The van der Waals surface area contributed by atoms with Gasteiger partial charge in [-0.15, -0.1) is 0 Å². The average molecular weight is 112 g/mol. The molecule has 0 bridgehead atoms. The highest BCUT2D eigenvalue weighted by molar-refractivity contribution is 5.80. The van der Waals surface area contributed by atoms with E-state index in [1.54, 1.807) is 0 Å². The summed E-state index contributed by atoms with van der Waals surface area (Å²) in [6.45, 7) is 3.81. The van der Waals surface area contributed by atoms with Gasteiger partial charge in [-0.05, 0) is 6.92 Å². The summed E-state index contributed by atoms with van der Waals surface area (Å²) in [7, 11) is 0. The molecule has 2 nitrogen and oxygen atoms in total. The first-order valence-electron chi connectivity index (χ1n) is 2.65. The third-order valence-electron chi connectivity index (χ3n) is 0.972. The Kier molecular flexibility index (Phi) is 2.92. The summed E-state index contributed by atoms with van der Waals surface area (Å²) in [5.74, 6) is 0.322. The summed E-state index contributed by atoms with van der Waals surface area (Å²) in [5.41, 5.74) is 5.15. The van der Waals surface area contributed by atoms with Gasteiger partial charge < -0.3 is 5.73 Å². The van der Waals surface area contributed by atoms with Crippen molar-refractivity contribution < 1.29 is 0 Å². The van der Waals surface area contributed by atoms with Gasteiger partial charge in [0.15, 0.2) is 0 Å². The van der Waals surface area contributed by atoms with Crippen LogP contribution in [0.4, 0.5) is 0 Å². The molecule has 0 aromatic heterocycles. The van der Waals surface area contributed by atoms with E-state index in [1.807, 2.05) is 26.0 Å². The van der Waals surface area contributed by atoms with Gasteiger partial charge in [-0.25, -0.2) is 0 Å². The van der Waals surface area contributed by atoms with Crippen molar-refractivity contribution >= 4 is 5.84 Å². The van der Waals surface area contributed by atoms with Crippen LogP contribution < -0.4 is 5.73 Å². The molecule has 0 spiro atoms. The van der Waals surface area contributed by atoms with E-state index in [0.29, 0.717) is 0 Å². The Bertz CT molecular complexity index is 105. The molecule has 3 N–H and O–H groups in total. The van der Waals surface area contributed by atoms with E-state index in [2.05, 4.69) is 0 Å². The zero-order chi connectivity index (χ0) is 6.57. The minimum Gasteiger partial charge on any atom is -0.387 e. The van der Waals surface area contributed by atoms with Gasteiger partial charge in [0.05, 0.1) is 5.84 Å². The van der Waals surface area contributed by atoms with Crippen LogP contribution in [-0.2, 0) is 0 Å².